The first kappa shape index (κ1) is 10.0. The second kappa shape index (κ2) is 4.35. The minimum absolute atomic E-state index is 0.706. The van der Waals surface area contributed by atoms with Crippen LogP contribution in [0.2, 0.25) is 0 Å². The molecule has 0 fully saturated rings. The van der Waals surface area contributed by atoms with Crippen LogP contribution in [-0.2, 0) is 6.54 Å². The number of anilines is 1. The normalized spacial score (nSPS) is 10.3. The summed E-state index contributed by atoms with van der Waals surface area (Å²) in [6, 6.07) is 0. The Hall–Kier alpha value is -1.49. The zero-order chi connectivity index (χ0) is 10.7. The molecule has 0 aliphatic carbocycles. The van der Waals surface area contributed by atoms with Crippen molar-refractivity contribution in [1.82, 2.24) is 15.0 Å². The van der Waals surface area contributed by atoms with Crippen molar-refractivity contribution in [3.8, 4) is 0 Å². The molecule has 2 aromatic heterocycles. The summed E-state index contributed by atoms with van der Waals surface area (Å²) in [5, 5.41) is 4.28. The van der Waals surface area contributed by atoms with Gasteiger partial charge in [0.25, 0.3) is 0 Å². The van der Waals surface area contributed by atoms with Gasteiger partial charge in [0.2, 0.25) is 0 Å². The Labute approximate surface area is 92.4 Å². The van der Waals surface area contributed by atoms with Crippen molar-refractivity contribution >= 4 is 17.2 Å². The monoisotopic (exact) mass is 220 g/mol. The van der Waals surface area contributed by atoms with Crippen molar-refractivity contribution in [2.45, 2.75) is 20.4 Å². The fourth-order valence-electron chi connectivity index (χ4n) is 1.22. The molecule has 15 heavy (non-hydrogen) atoms. The molecule has 0 bridgehead atoms. The summed E-state index contributed by atoms with van der Waals surface area (Å²) >= 11 is 1.69. The fraction of sp³-hybridized carbons (Fsp3) is 0.300. The van der Waals surface area contributed by atoms with Crippen LogP contribution in [0.5, 0.6) is 0 Å². The van der Waals surface area contributed by atoms with Gasteiger partial charge >= 0.3 is 0 Å². The van der Waals surface area contributed by atoms with Crippen LogP contribution in [0, 0.1) is 13.8 Å². The predicted molar refractivity (Wildman–Crippen MR) is 60.9 cm³/mol. The van der Waals surface area contributed by atoms with E-state index in [0.717, 1.165) is 16.5 Å². The van der Waals surface area contributed by atoms with Crippen molar-refractivity contribution in [2.24, 2.45) is 0 Å². The maximum Gasteiger partial charge on any atom is 0.147 e. The number of nitrogens with one attached hydrogen (secondary N) is 1. The van der Waals surface area contributed by atoms with Gasteiger partial charge in [-0.1, -0.05) is 0 Å². The molecule has 0 radical (unpaired) electrons. The lowest BCUT2D eigenvalue weighted by molar-refractivity contribution is 1.03. The molecule has 0 saturated heterocycles. The average molecular weight is 220 g/mol. The minimum Gasteiger partial charge on any atom is -0.362 e. The van der Waals surface area contributed by atoms with Crippen LogP contribution < -0.4 is 5.32 Å². The molecule has 2 rings (SSSR count). The zero-order valence-electron chi connectivity index (χ0n) is 8.69. The van der Waals surface area contributed by atoms with Gasteiger partial charge in [-0.25, -0.2) is 9.97 Å². The maximum atomic E-state index is 4.27. The molecule has 78 valence electrons. The first-order valence-corrected chi connectivity index (χ1v) is 5.50. The minimum atomic E-state index is 0.706. The van der Waals surface area contributed by atoms with Crippen LogP contribution in [-0.4, -0.2) is 15.0 Å². The summed E-state index contributed by atoms with van der Waals surface area (Å²) in [4.78, 5) is 13.9. The van der Waals surface area contributed by atoms with Crippen LogP contribution in [0.3, 0.4) is 0 Å². The van der Waals surface area contributed by atoms with Gasteiger partial charge in [-0.05, 0) is 13.8 Å². The van der Waals surface area contributed by atoms with Gasteiger partial charge < -0.3 is 5.32 Å². The van der Waals surface area contributed by atoms with Crippen LogP contribution >= 0.6 is 11.3 Å². The van der Waals surface area contributed by atoms with Gasteiger partial charge in [0.1, 0.15) is 10.8 Å². The Kier molecular flexibility index (Phi) is 2.91. The van der Waals surface area contributed by atoms with E-state index in [1.807, 2.05) is 13.1 Å². The summed E-state index contributed by atoms with van der Waals surface area (Å²) in [5.74, 6) is 0.824. The third kappa shape index (κ3) is 2.50. The highest BCUT2D eigenvalue weighted by molar-refractivity contribution is 7.11. The molecular weight excluding hydrogens is 208 g/mol. The van der Waals surface area contributed by atoms with E-state index in [1.54, 1.807) is 23.7 Å². The molecular formula is C10H12N4S. The summed E-state index contributed by atoms with van der Waals surface area (Å²) in [7, 11) is 0. The van der Waals surface area contributed by atoms with Crippen molar-refractivity contribution in [2.75, 3.05) is 5.32 Å². The number of rotatable bonds is 3. The lowest BCUT2D eigenvalue weighted by Crippen LogP contribution is -2.03. The topological polar surface area (TPSA) is 50.7 Å². The molecule has 0 unspecified atom stereocenters. The van der Waals surface area contributed by atoms with Crippen molar-refractivity contribution < 1.29 is 0 Å². The number of hydrogen-bond acceptors (Lipinski definition) is 5. The number of nitrogens with zero attached hydrogens (tertiary/aromatic N) is 3. The summed E-state index contributed by atoms with van der Waals surface area (Å²) < 4.78 is 0. The highest BCUT2D eigenvalue weighted by Crippen LogP contribution is 2.13. The molecule has 2 heterocycles. The number of hydrogen-bond donors (Lipinski definition) is 1. The summed E-state index contributed by atoms with van der Waals surface area (Å²) in [5.41, 5.74) is 0.908. The van der Waals surface area contributed by atoms with E-state index in [4.69, 9.17) is 0 Å². The molecule has 0 amide bonds. The quantitative estimate of drug-likeness (QED) is 0.861. The van der Waals surface area contributed by atoms with Gasteiger partial charge in [-0.15, -0.1) is 11.3 Å². The third-order valence-electron chi connectivity index (χ3n) is 1.96. The van der Waals surface area contributed by atoms with Crippen LogP contribution in [0.25, 0.3) is 0 Å². The molecule has 1 N–H and O–H groups in total. The fourth-order valence-corrected chi connectivity index (χ4v) is 1.95. The van der Waals surface area contributed by atoms with Gasteiger partial charge in [-0.3, -0.25) is 4.98 Å². The third-order valence-corrected chi connectivity index (χ3v) is 2.87. The molecule has 2 aromatic rings. The molecule has 0 spiro atoms. The highest BCUT2D eigenvalue weighted by atomic mass is 32.1. The second-order valence-electron chi connectivity index (χ2n) is 3.21. The van der Waals surface area contributed by atoms with Gasteiger partial charge in [0, 0.05) is 23.5 Å². The Balaban J connectivity index is 2.02. The van der Waals surface area contributed by atoms with Crippen LogP contribution in [0.15, 0.2) is 18.6 Å². The van der Waals surface area contributed by atoms with E-state index in [0.29, 0.717) is 6.54 Å². The molecule has 5 heteroatoms. The Morgan fingerprint density at radius 2 is 2.00 bits per heavy atom. The summed E-state index contributed by atoms with van der Waals surface area (Å²) in [6.45, 7) is 4.69. The van der Waals surface area contributed by atoms with Crippen molar-refractivity contribution in [3.63, 3.8) is 0 Å². The molecule has 4 nitrogen and oxygen atoms in total. The van der Waals surface area contributed by atoms with E-state index < -0.39 is 0 Å². The molecule has 0 saturated carbocycles. The Bertz CT molecular complexity index is 452. The first-order chi connectivity index (χ1) is 7.25. The van der Waals surface area contributed by atoms with Crippen molar-refractivity contribution in [3.05, 3.63) is 34.2 Å². The number of aromatic nitrogens is 3. The first-order valence-electron chi connectivity index (χ1n) is 4.68. The predicted octanol–water partition coefficient (Wildman–Crippen LogP) is 2.16. The largest absolute Gasteiger partial charge is 0.362 e. The van der Waals surface area contributed by atoms with E-state index in [1.165, 1.54) is 4.88 Å². The SMILES string of the molecule is Cc1cnc(CNc2nccnc2C)s1. The smallest absolute Gasteiger partial charge is 0.147 e. The van der Waals surface area contributed by atoms with E-state index in [-0.39, 0.29) is 0 Å². The number of thiazole rings is 1. The van der Waals surface area contributed by atoms with E-state index >= 15 is 0 Å². The van der Waals surface area contributed by atoms with Crippen LogP contribution in [0.4, 0.5) is 5.82 Å². The standard InChI is InChI=1S/C10H12N4S/c1-7-5-13-9(15-7)6-14-10-8(2)11-3-4-12-10/h3-5H,6H2,1-2H3,(H,12,14). The Morgan fingerprint density at radius 1 is 1.20 bits per heavy atom. The molecule has 0 aromatic carbocycles. The lowest BCUT2D eigenvalue weighted by atomic mass is 10.4. The van der Waals surface area contributed by atoms with Gasteiger partial charge in [-0.2, -0.15) is 0 Å². The van der Waals surface area contributed by atoms with Crippen molar-refractivity contribution in [1.29, 1.82) is 0 Å². The van der Waals surface area contributed by atoms with Gasteiger partial charge in [0.05, 0.1) is 12.2 Å². The van der Waals surface area contributed by atoms with E-state index in [9.17, 15) is 0 Å². The van der Waals surface area contributed by atoms with E-state index in [2.05, 4.69) is 27.2 Å². The maximum absolute atomic E-state index is 4.27. The second-order valence-corrected chi connectivity index (χ2v) is 4.53. The lowest BCUT2D eigenvalue weighted by Gasteiger charge is -2.04. The average Bonchev–Trinajstić information content (AvgIpc) is 2.63. The molecule has 0 aliphatic heterocycles. The molecule has 0 aliphatic rings. The molecule has 0 atom stereocenters. The van der Waals surface area contributed by atoms with Gasteiger partial charge in [0.15, 0.2) is 0 Å². The Morgan fingerprint density at radius 3 is 2.67 bits per heavy atom. The van der Waals surface area contributed by atoms with Crippen LogP contribution in [0.1, 0.15) is 15.6 Å². The number of aryl methyl sites for hydroxylation is 2. The summed E-state index contributed by atoms with van der Waals surface area (Å²) in [6.07, 6.45) is 5.25. The zero-order valence-corrected chi connectivity index (χ0v) is 9.51. The highest BCUT2D eigenvalue weighted by Gasteiger charge is 2.01.